The highest BCUT2D eigenvalue weighted by atomic mass is 16.1. The number of piperazine rings is 1. The second kappa shape index (κ2) is 5.61. The van der Waals surface area contributed by atoms with Gasteiger partial charge in [0.25, 0.3) is 0 Å². The summed E-state index contributed by atoms with van der Waals surface area (Å²) in [4.78, 5) is 15.9. The van der Waals surface area contributed by atoms with Crippen LogP contribution in [0.1, 0.15) is 12.8 Å². The Balaban J connectivity index is 1.73. The molecular weight excluding hydrogens is 204 g/mol. The first-order valence-electron chi connectivity index (χ1n) is 6.24. The van der Waals surface area contributed by atoms with E-state index >= 15 is 0 Å². The van der Waals surface area contributed by atoms with Crippen molar-refractivity contribution < 1.29 is 4.79 Å². The fourth-order valence-electron chi connectivity index (χ4n) is 2.62. The van der Waals surface area contributed by atoms with E-state index in [0.29, 0.717) is 0 Å². The summed E-state index contributed by atoms with van der Waals surface area (Å²) in [6, 6.07) is -0.0112. The molecule has 1 unspecified atom stereocenters. The molecule has 0 spiro atoms. The van der Waals surface area contributed by atoms with Gasteiger partial charge in [-0.1, -0.05) is 0 Å². The minimum absolute atomic E-state index is 0.0112. The van der Waals surface area contributed by atoms with Crippen LogP contribution in [0.2, 0.25) is 0 Å². The van der Waals surface area contributed by atoms with Gasteiger partial charge >= 0.3 is 0 Å². The molecule has 3 N–H and O–H groups in total. The average molecular weight is 226 g/mol. The van der Waals surface area contributed by atoms with Gasteiger partial charge in [0.05, 0.1) is 6.04 Å². The van der Waals surface area contributed by atoms with E-state index in [9.17, 15) is 4.79 Å². The maximum Gasteiger partial charge on any atom is 0.234 e. The second-order valence-electron chi connectivity index (χ2n) is 4.69. The van der Waals surface area contributed by atoms with Gasteiger partial charge in [-0.25, -0.2) is 0 Å². The fraction of sp³-hybridized carbons (Fsp3) is 0.909. The van der Waals surface area contributed by atoms with Crippen molar-refractivity contribution >= 4 is 5.91 Å². The monoisotopic (exact) mass is 226 g/mol. The summed E-state index contributed by atoms with van der Waals surface area (Å²) in [5, 5.41) is 3.34. The van der Waals surface area contributed by atoms with Gasteiger partial charge in [-0.3, -0.25) is 14.6 Å². The van der Waals surface area contributed by atoms with Crippen LogP contribution in [0.5, 0.6) is 0 Å². The van der Waals surface area contributed by atoms with Crippen LogP contribution in [0, 0.1) is 0 Å². The molecule has 0 aromatic rings. The van der Waals surface area contributed by atoms with Crippen molar-refractivity contribution in [2.75, 3.05) is 45.8 Å². The van der Waals surface area contributed by atoms with Gasteiger partial charge in [0.1, 0.15) is 0 Å². The Morgan fingerprint density at radius 1 is 1.25 bits per heavy atom. The highest BCUT2D eigenvalue weighted by molar-refractivity contribution is 5.80. The van der Waals surface area contributed by atoms with Gasteiger partial charge < -0.3 is 11.1 Å². The van der Waals surface area contributed by atoms with Gasteiger partial charge in [-0.2, -0.15) is 0 Å². The van der Waals surface area contributed by atoms with Gasteiger partial charge in [-0.05, 0) is 19.4 Å². The zero-order valence-corrected chi connectivity index (χ0v) is 9.82. The molecule has 0 bridgehead atoms. The van der Waals surface area contributed by atoms with Crippen LogP contribution in [0.3, 0.4) is 0 Å². The molecule has 2 rings (SSSR count). The third-order valence-electron chi connectivity index (χ3n) is 3.61. The smallest absolute Gasteiger partial charge is 0.234 e. The molecule has 92 valence electrons. The van der Waals surface area contributed by atoms with E-state index in [4.69, 9.17) is 5.73 Å². The SMILES string of the molecule is NC(=O)C1CCCN1CCN1CCNCC1. The summed E-state index contributed by atoms with van der Waals surface area (Å²) in [6.07, 6.45) is 2.05. The first kappa shape index (κ1) is 11.8. The Hall–Kier alpha value is -0.650. The number of hydrogen-bond donors (Lipinski definition) is 2. The number of hydrogen-bond acceptors (Lipinski definition) is 4. The molecule has 2 aliphatic heterocycles. The number of rotatable bonds is 4. The lowest BCUT2D eigenvalue weighted by molar-refractivity contribution is -0.122. The second-order valence-corrected chi connectivity index (χ2v) is 4.69. The lowest BCUT2D eigenvalue weighted by Crippen LogP contribution is -2.48. The number of likely N-dealkylation sites (tertiary alicyclic amines) is 1. The average Bonchev–Trinajstić information content (AvgIpc) is 2.76. The maximum atomic E-state index is 11.2. The number of carbonyl (C=O) groups is 1. The minimum Gasteiger partial charge on any atom is -0.368 e. The summed E-state index contributed by atoms with van der Waals surface area (Å²) in [5.74, 6) is -0.155. The number of nitrogens with one attached hydrogen (secondary N) is 1. The highest BCUT2D eigenvalue weighted by Crippen LogP contribution is 2.16. The molecule has 2 saturated heterocycles. The van der Waals surface area contributed by atoms with Gasteiger partial charge in [0, 0.05) is 39.3 Å². The Kier molecular flexibility index (Phi) is 4.15. The van der Waals surface area contributed by atoms with Crippen LogP contribution in [0.15, 0.2) is 0 Å². The van der Waals surface area contributed by atoms with E-state index in [1.54, 1.807) is 0 Å². The molecule has 2 aliphatic rings. The van der Waals surface area contributed by atoms with Crippen molar-refractivity contribution in [1.82, 2.24) is 15.1 Å². The van der Waals surface area contributed by atoms with Crippen LogP contribution in [0.25, 0.3) is 0 Å². The quantitative estimate of drug-likeness (QED) is 0.635. The maximum absolute atomic E-state index is 11.2. The molecular formula is C11H22N4O. The number of nitrogens with two attached hydrogens (primary N) is 1. The Morgan fingerprint density at radius 3 is 2.69 bits per heavy atom. The molecule has 0 aliphatic carbocycles. The Bertz CT molecular complexity index is 240. The van der Waals surface area contributed by atoms with Crippen LogP contribution in [0.4, 0.5) is 0 Å². The summed E-state index contributed by atoms with van der Waals surface area (Å²) in [5.41, 5.74) is 5.39. The normalized spacial score (nSPS) is 28.4. The van der Waals surface area contributed by atoms with Gasteiger partial charge in [0.15, 0.2) is 0 Å². The van der Waals surface area contributed by atoms with E-state index in [1.807, 2.05) is 0 Å². The van der Waals surface area contributed by atoms with Crippen LogP contribution in [-0.2, 0) is 4.79 Å². The minimum atomic E-state index is -0.155. The fourth-order valence-corrected chi connectivity index (χ4v) is 2.62. The Labute approximate surface area is 96.9 Å². The standard InChI is InChI=1S/C11H22N4O/c12-11(16)10-2-1-5-15(10)9-8-14-6-3-13-4-7-14/h10,13H,1-9H2,(H2,12,16). The number of amides is 1. The summed E-state index contributed by atoms with van der Waals surface area (Å²) in [7, 11) is 0. The molecule has 5 heteroatoms. The van der Waals surface area contributed by atoms with Crippen molar-refractivity contribution in [2.45, 2.75) is 18.9 Å². The van der Waals surface area contributed by atoms with Crippen LogP contribution in [-0.4, -0.2) is 67.6 Å². The molecule has 0 radical (unpaired) electrons. The van der Waals surface area contributed by atoms with Crippen molar-refractivity contribution in [3.05, 3.63) is 0 Å². The number of nitrogens with zero attached hydrogens (tertiary/aromatic N) is 2. The van der Waals surface area contributed by atoms with E-state index in [0.717, 1.165) is 58.7 Å². The van der Waals surface area contributed by atoms with Gasteiger partial charge in [-0.15, -0.1) is 0 Å². The predicted octanol–water partition coefficient (Wildman–Crippen LogP) is -1.16. The molecule has 16 heavy (non-hydrogen) atoms. The molecule has 2 fully saturated rings. The molecule has 1 amide bonds. The molecule has 1 atom stereocenters. The van der Waals surface area contributed by atoms with E-state index in [2.05, 4.69) is 15.1 Å². The van der Waals surface area contributed by atoms with Crippen molar-refractivity contribution in [2.24, 2.45) is 5.73 Å². The van der Waals surface area contributed by atoms with Gasteiger partial charge in [0.2, 0.25) is 5.91 Å². The highest BCUT2D eigenvalue weighted by Gasteiger charge is 2.28. The lowest BCUT2D eigenvalue weighted by atomic mass is 10.2. The molecule has 5 nitrogen and oxygen atoms in total. The summed E-state index contributed by atoms with van der Waals surface area (Å²) >= 11 is 0. The zero-order valence-electron chi connectivity index (χ0n) is 9.82. The largest absolute Gasteiger partial charge is 0.368 e. The third-order valence-corrected chi connectivity index (χ3v) is 3.61. The predicted molar refractivity (Wildman–Crippen MR) is 63.1 cm³/mol. The first-order valence-corrected chi connectivity index (χ1v) is 6.24. The van der Waals surface area contributed by atoms with E-state index in [1.165, 1.54) is 0 Å². The number of carbonyl (C=O) groups excluding carboxylic acids is 1. The zero-order chi connectivity index (χ0) is 11.4. The third kappa shape index (κ3) is 2.93. The van der Waals surface area contributed by atoms with Crippen molar-refractivity contribution in [3.8, 4) is 0 Å². The molecule has 0 aromatic heterocycles. The van der Waals surface area contributed by atoms with Crippen LogP contribution < -0.4 is 11.1 Å². The van der Waals surface area contributed by atoms with E-state index in [-0.39, 0.29) is 11.9 Å². The number of primary amides is 1. The summed E-state index contributed by atoms with van der Waals surface area (Å²) < 4.78 is 0. The van der Waals surface area contributed by atoms with Crippen molar-refractivity contribution in [1.29, 1.82) is 0 Å². The van der Waals surface area contributed by atoms with Crippen LogP contribution >= 0.6 is 0 Å². The van der Waals surface area contributed by atoms with Crippen molar-refractivity contribution in [3.63, 3.8) is 0 Å². The molecule has 0 aromatic carbocycles. The molecule has 2 heterocycles. The molecule has 0 saturated carbocycles. The topological polar surface area (TPSA) is 61.6 Å². The lowest BCUT2D eigenvalue weighted by Gasteiger charge is -2.30. The Morgan fingerprint density at radius 2 is 2.00 bits per heavy atom. The summed E-state index contributed by atoms with van der Waals surface area (Å²) in [6.45, 7) is 7.47. The van der Waals surface area contributed by atoms with E-state index < -0.39 is 0 Å². The first-order chi connectivity index (χ1) is 7.77.